The number of nitrogens with zero attached hydrogens (tertiary/aromatic N) is 3. The molecule has 0 radical (unpaired) electrons. The molecule has 7 nitrogen and oxygen atoms in total. The monoisotopic (exact) mass is 362 g/mol. The van der Waals surface area contributed by atoms with Gasteiger partial charge in [0.05, 0.1) is 19.0 Å². The first-order valence-corrected chi connectivity index (χ1v) is 9.56. The van der Waals surface area contributed by atoms with E-state index in [1.165, 1.54) is 16.7 Å². The van der Waals surface area contributed by atoms with Gasteiger partial charge < -0.3 is 19.5 Å². The van der Waals surface area contributed by atoms with Crippen LogP contribution in [0, 0.1) is 0 Å². The summed E-state index contributed by atoms with van der Waals surface area (Å²) >= 11 is 1.43. The highest BCUT2D eigenvalue weighted by atomic mass is 32.2. The number of para-hydroxylation sites is 1. The van der Waals surface area contributed by atoms with Gasteiger partial charge >= 0.3 is 0 Å². The van der Waals surface area contributed by atoms with Crippen molar-refractivity contribution in [3.8, 4) is 0 Å². The smallest absolute Gasteiger partial charge is 0.234 e. The minimum Gasteiger partial charge on any atom is -0.370 e. The van der Waals surface area contributed by atoms with Gasteiger partial charge in [-0.25, -0.2) is 0 Å². The summed E-state index contributed by atoms with van der Waals surface area (Å²) in [6.45, 7) is 7.33. The number of anilines is 1. The maximum atomic E-state index is 12.1. The highest BCUT2D eigenvalue weighted by Crippen LogP contribution is 2.17. The fourth-order valence-corrected chi connectivity index (χ4v) is 3.60. The van der Waals surface area contributed by atoms with E-state index < -0.39 is 0 Å². The number of benzene rings is 1. The number of nitrogens with one attached hydrogen (secondary N) is 2. The van der Waals surface area contributed by atoms with Crippen LogP contribution in [0.2, 0.25) is 0 Å². The Balaban J connectivity index is 1.56. The number of ether oxygens (including phenoxy) is 1. The van der Waals surface area contributed by atoms with E-state index in [1.54, 1.807) is 0 Å². The average molecular weight is 362 g/mol. The Kier molecular flexibility index (Phi) is 6.43. The number of hydrogen-bond acceptors (Lipinski definition) is 5. The maximum absolute atomic E-state index is 12.1. The van der Waals surface area contributed by atoms with Crippen molar-refractivity contribution >= 4 is 23.4 Å². The Labute approximate surface area is 151 Å². The lowest BCUT2D eigenvalue weighted by molar-refractivity contribution is -0.922. The normalized spacial score (nSPS) is 15.2. The van der Waals surface area contributed by atoms with Crippen LogP contribution in [0.15, 0.2) is 35.5 Å². The van der Waals surface area contributed by atoms with E-state index in [9.17, 15) is 4.79 Å². The minimum atomic E-state index is -0.0396. The molecule has 1 saturated heterocycles. The minimum absolute atomic E-state index is 0.0396. The summed E-state index contributed by atoms with van der Waals surface area (Å²) in [7, 11) is 0. The quantitative estimate of drug-likeness (QED) is 0.700. The number of hydrogen-bond donors (Lipinski definition) is 2. The van der Waals surface area contributed by atoms with E-state index in [-0.39, 0.29) is 5.91 Å². The molecule has 25 heavy (non-hydrogen) atoms. The van der Waals surface area contributed by atoms with Gasteiger partial charge in [0.1, 0.15) is 19.6 Å². The topological polar surface area (TPSA) is 73.5 Å². The van der Waals surface area contributed by atoms with Gasteiger partial charge in [-0.3, -0.25) is 4.79 Å². The van der Waals surface area contributed by atoms with E-state index in [0.717, 1.165) is 56.1 Å². The summed E-state index contributed by atoms with van der Waals surface area (Å²) < 4.78 is 7.50. The summed E-state index contributed by atoms with van der Waals surface area (Å²) in [5.41, 5.74) is 0.807. The second kappa shape index (κ2) is 8.98. The van der Waals surface area contributed by atoms with Crippen molar-refractivity contribution in [1.82, 2.24) is 14.8 Å². The van der Waals surface area contributed by atoms with Crippen molar-refractivity contribution in [3.05, 3.63) is 36.2 Å². The molecule has 1 aliphatic heterocycles. The van der Waals surface area contributed by atoms with Gasteiger partial charge in [0.2, 0.25) is 5.91 Å². The van der Waals surface area contributed by atoms with Crippen molar-refractivity contribution < 1.29 is 14.4 Å². The van der Waals surface area contributed by atoms with Gasteiger partial charge in [0.15, 0.2) is 11.0 Å². The lowest BCUT2D eigenvalue weighted by Crippen LogP contribution is -3.12. The van der Waals surface area contributed by atoms with E-state index in [1.807, 2.05) is 30.3 Å². The molecular weight excluding hydrogens is 338 g/mol. The molecule has 0 spiro atoms. The predicted molar refractivity (Wildman–Crippen MR) is 96.7 cm³/mol. The number of thioether (sulfide) groups is 1. The van der Waals surface area contributed by atoms with Crippen molar-refractivity contribution in [1.29, 1.82) is 0 Å². The van der Waals surface area contributed by atoms with Crippen LogP contribution in [0.1, 0.15) is 12.7 Å². The van der Waals surface area contributed by atoms with Crippen LogP contribution < -0.4 is 10.2 Å². The first-order chi connectivity index (χ1) is 12.3. The fraction of sp³-hybridized carbons (Fsp3) is 0.471. The third-order valence-corrected chi connectivity index (χ3v) is 5.07. The summed E-state index contributed by atoms with van der Waals surface area (Å²) in [6.07, 6.45) is 0. The predicted octanol–water partition coefficient (Wildman–Crippen LogP) is 0.444. The molecule has 0 atom stereocenters. The molecule has 2 N–H and O–H groups in total. The van der Waals surface area contributed by atoms with Crippen LogP contribution >= 0.6 is 11.8 Å². The molecule has 1 fully saturated rings. The largest absolute Gasteiger partial charge is 0.370 e. The molecule has 2 aromatic rings. The SMILES string of the molecule is CCn1c(C[NH+]2CCOCC2)nnc1SCC(=O)Nc1ccccc1. The summed E-state index contributed by atoms with van der Waals surface area (Å²) in [4.78, 5) is 13.6. The Morgan fingerprint density at radius 3 is 2.76 bits per heavy atom. The Morgan fingerprint density at radius 1 is 1.28 bits per heavy atom. The molecule has 1 amide bonds. The van der Waals surface area contributed by atoms with Gasteiger partial charge in [-0.05, 0) is 19.1 Å². The first kappa shape index (κ1) is 17.9. The highest BCUT2D eigenvalue weighted by molar-refractivity contribution is 7.99. The Bertz CT molecular complexity index is 686. The fourth-order valence-electron chi connectivity index (χ4n) is 2.78. The molecular formula is C17H24N5O2S+. The summed E-state index contributed by atoms with van der Waals surface area (Å²) in [5, 5.41) is 12.3. The molecule has 0 bridgehead atoms. The van der Waals surface area contributed by atoms with Crippen LogP contribution in [-0.4, -0.2) is 52.7 Å². The standard InChI is InChI=1S/C17H23N5O2S/c1-2-22-15(12-21-8-10-24-11-9-21)19-20-17(22)25-13-16(23)18-14-6-4-3-5-7-14/h3-7H,2,8-13H2,1H3,(H,18,23)/p+1. The van der Waals surface area contributed by atoms with Crippen LogP contribution in [0.4, 0.5) is 5.69 Å². The van der Waals surface area contributed by atoms with Crippen LogP contribution in [-0.2, 0) is 22.6 Å². The second-order valence-corrected chi connectivity index (χ2v) is 6.83. The van der Waals surface area contributed by atoms with Gasteiger partial charge in [-0.2, -0.15) is 0 Å². The van der Waals surface area contributed by atoms with Crippen molar-refractivity contribution in [3.63, 3.8) is 0 Å². The zero-order chi connectivity index (χ0) is 17.5. The molecule has 0 aliphatic carbocycles. The number of amides is 1. The van der Waals surface area contributed by atoms with E-state index >= 15 is 0 Å². The van der Waals surface area contributed by atoms with Gasteiger partial charge in [0.25, 0.3) is 0 Å². The van der Waals surface area contributed by atoms with Crippen molar-refractivity contribution in [2.75, 3.05) is 37.4 Å². The lowest BCUT2D eigenvalue weighted by atomic mass is 10.3. The van der Waals surface area contributed by atoms with E-state index in [0.29, 0.717) is 5.75 Å². The molecule has 1 aliphatic rings. The maximum Gasteiger partial charge on any atom is 0.234 e. The zero-order valence-electron chi connectivity index (χ0n) is 14.4. The third kappa shape index (κ3) is 5.04. The Hall–Kier alpha value is -1.90. The third-order valence-electron chi connectivity index (χ3n) is 4.11. The molecule has 2 heterocycles. The van der Waals surface area contributed by atoms with Crippen LogP contribution in [0.25, 0.3) is 0 Å². The first-order valence-electron chi connectivity index (χ1n) is 8.57. The van der Waals surface area contributed by atoms with Gasteiger partial charge in [-0.1, -0.05) is 30.0 Å². The number of carbonyl (C=O) groups is 1. The number of rotatable bonds is 7. The second-order valence-electron chi connectivity index (χ2n) is 5.89. The molecule has 3 rings (SSSR count). The van der Waals surface area contributed by atoms with Gasteiger partial charge in [0, 0.05) is 12.2 Å². The average Bonchev–Trinajstić information content (AvgIpc) is 3.03. The molecule has 1 aromatic heterocycles. The number of aromatic nitrogens is 3. The molecule has 8 heteroatoms. The van der Waals surface area contributed by atoms with Gasteiger partial charge in [-0.15, -0.1) is 10.2 Å². The van der Waals surface area contributed by atoms with E-state index in [2.05, 4.69) is 27.0 Å². The van der Waals surface area contributed by atoms with Crippen molar-refractivity contribution in [2.45, 2.75) is 25.2 Å². The molecule has 1 aromatic carbocycles. The highest BCUT2D eigenvalue weighted by Gasteiger charge is 2.20. The Morgan fingerprint density at radius 2 is 2.04 bits per heavy atom. The van der Waals surface area contributed by atoms with Crippen molar-refractivity contribution in [2.24, 2.45) is 0 Å². The molecule has 134 valence electrons. The zero-order valence-corrected chi connectivity index (χ0v) is 15.2. The van der Waals surface area contributed by atoms with Crippen LogP contribution in [0.5, 0.6) is 0 Å². The van der Waals surface area contributed by atoms with Crippen LogP contribution in [0.3, 0.4) is 0 Å². The molecule has 0 unspecified atom stereocenters. The molecule has 0 saturated carbocycles. The van der Waals surface area contributed by atoms with E-state index in [4.69, 9.17) is 4.74 Å². The summed E-state index contributed by atoms with van der Waals surface area (Å²) in [6, 6.07) is 9.47. The number of carbonyl (C=O) groups excluding carboxylic acids is 1. The number of quaternary nitrogens is 1. The summed E-state index contributed by atoms with van der Waals surface area (Å²) in [5.74, 6) is 1.25. The lowest BCUT2D eigenvalue weighted by Gasteiger charge is -2.23. The number of morpholine rings is 1.